The van der Waals surface area contributed by atoms with E-state index in [1.165, 1.54) is 5.56 Å². The first-order valence-electron chi connectivity index (χ1n) is 9.22. The zero-order valence-electron chi connectivity index (χ0n) is 16.9. The van der Waals surface area contributed by atoms with Crippen molar-refractivity contribution in [1.82, 2.24) is 15.0 Å². The number of rotatable bonds is 5. The Morgan fingerprint density at radius 1 is 1.22 bits per heavy atom. The van der Waals surface area contributed by atoms with E-state index in [1.54, 1.807) is 6.20 Å². The molecule has 6 nitrogen and oxygen atoms in total. The van der Waals surface area contributed by atoms with Crippen LogP contribution in [0.2, 0.25) is 0 Å². The second-order valence-corrected chi connectivity index (χ2v) is 5.96. The van der Waals surface area contributed by atoms with E-state index in [9.17, 15) is 4.79 Å². The molecule has 27 heavy (non-hydrogen) atoms. The molecule has 3 rings (SSSR count). The van der Waals surface area contributed by atoms with Gasteiger partial charge in [0.05, 0.1) is 12.2 Å². The molecule has 144 valence electrons. The Kier molecular flexibility index (Phi) is 6.96. The maximum atomic E-state index is 12.7. The first kappa shape index (κ1) is 20.5. The minimum atomic E-state index is -0.298. The van der Waals surface area contributed by atoms with Gasteiger partial charge in [-0.3, -0.25) is 9.63 Å². The number of hydrogen-bond donors (Lipinski definition) is 2. The normalized spacial score (nSPS) is 10.3. The summed E-state index contributed by atoms with van der Waals surface area (Å²) in [5.74, 6) is 0.380. The fourth-order valence-corrected chi connectivity index (χ4v) is 2.91. The molecule has 0 spiro atoms. The summed E-state index contributed by atoms with van der Waals surface area (Å²) in [6, 6.07) is 9.86. The van der Waals surface area contributed by atoms with Crippen molar-refractivity contribution in [2.75, 3.05) is 11.9 Å². The smallest absolute Gasteiger partial charge is 0.279 e. The first-order chi connectivity index (χ1) is 13.0. The molecule has 0 fully saturated rings. The van der Waals surface area contributed by atoms with E-state index >= 15 is 0 Å². The van der Waals surface area contributed by atoms with E-state index < -0.39 is 0 Å². The van der Waals surface area contributed by atoms with Gasteiger partial charge in [-0.05, 0) is 44.5 Å². The topological polar surface area (TPSA) is 68.2 Å². The van der Waals surface area contributed by atoms with Crippen molar-refractivity contribution < 1.29 is 9.63 Å². The molecule has 0 unspecified atom stereocenters. The molecule has 3 aromatic rings. The molecular formula is C21H28N4O2. The molecule has 1 amide bonds. The summed E-state index contributed by atoms with van der Waals surface area (Å²) in [6.45, 7) is 10.3. The lowest BCUT2D eigenvalue weighted by Gasteiger charge is -2.13. The second-order valence-electron chi connectivity index (χ2n) is 5.96. The summed E-state index contributed by atoms with van der Waals surface area (Å²) in [5, 5.41) is 4.16. The number of carbonyl (C=O) groups excluding carboxylic acids is 1. The Morgan fingerprint density at radius 3 is 2.63 bits per heavy atom. The van der Waals surface area contributed by atoms with Crippen LogP contribution in [0.15, 0.2) is 36.5 Å². The standard InChI is InChI=1S/C19H22N4O2.C2H6/c1-5-25-22-19(24)16-14-7-6-10-20-17(14)23(4)18(16)21-15-9-8-12(2)11-13(15)3;1-2/h6-11,21H,5H2,1-4H3,(H,22,24);1-2H3. The van der Waals surface area contributed by atoms with Gasteiger partial charge < -0.3 is 9.88 Å². The van der Waals surface area contributed by atoms with E-state index in [0.717, 1.165) is 22.3 Å². The third-order valence-corrected chi connectivity index (χ3v) is 4.12. The maximum absolute atomic E-state index is 12.7. The van der Waals surface area contributed by atoms with E-state index in [2.05, 4.69) is 28.8 Å². The van der Waals surface area contributed by atoms with Crippen LogP contribution in [0.25, 0.3) is 11.0 Å². The number of nitrogens with one attached hydrogen (secondary N) is 2. The molecular weight excluding hydrogens is 340 g/mol. The van der Waals surface area contributed by atoms with Crippen LogP contribution >= 0.6 is 0 Å². The molecule has 0 aliphatic rings. The fraction of sp³-hybridized carbons (Fsp3) is 0.333. The van der Waals surface area contributed by atoms with Crippen LogP contribution < -0.4 is 10.8 Å². The fourth-order valence-electron chi connectivity index (χ4n) is 2.91. The molecule has 0 saturated carbocycles. The third-order valence-electron chi connectivity index (χ3n) is 4.12. The Labute approximate surface area is 160 Å². The predicted octanol–water partition coefficient (Wildman–Crippen LogP) is 4.64. The van der Waals surface area contributed by atoms with Gasteiger partial charge in [0.2, 0.25) is 0 Å². The van der Waals surface area contributed by atoms with Crippen molar-refractivity contribution in [2.24, 2.45) is 7.05 Å². The highest BCUT2D eigenvalue weighted by Gasteiger charge is 2.22. The number of pyridine rings is 1. The molecule has 0 aliphatic carbocycles. The summed E-state index contributed by atoms with van der Waals surface area (Å²) in [6.07, 6.45) is 1.72. The average Bonchev–Trinajstić information content (AvgIpc) is 2.96. The van der Waals surface area contributed by atoms with Crippen LogP contribution in [-0.2, 0) is 11.9 Å². The monoisotopic (exact) mass is 368 g/mol. The third kappa shape index (κ3) is 4.28. The highest BCUT2D eigenvalue weighted by atomic mass is 16.6. The van der Waals surface area contributed by atoms with Crippen molar-refractivity contribution in [1.29, 1.82) is 0 Å². The molecule has 0 radical (unpaired) electrons. The Morgan fingerprint density at radius 2 is 1.96 bits per heavy atom. The van der Waals surface area contributed by atoms with Crippen molar-refractivity contribution in [2.45, 2.75) is 34.6 Å². The molecule has 2 aromatic heterocycles. The molecule has 2 N–H and O–H groups in total. The summed E-state index contributed by atoms with van der Waals surface area (Å²) in [4.78, 5) is 22.2. The van der Waals surface area contributed by atoms with Crippen molar-refractivity contribution in [3.8, 4) is 0 Å². The highest BCUT2D eigenvalue weighted by molar-refractivity contribution is 6.11. The SMILES string of the molecule is CC.CCONC(=O)c1c(Nc2ccc(C)cc2C)n(C)c2ncccc12. The Balaban J connectivity index is 0.00000126. The number of hydroxylamine groups is 1. The quantitative estimate of drug-likeness (QED) is 0.644. The zero-order chi connectivity index (χ0) is 20.0. The van der Waals surface area contributed by atoms with E-state index in [4.69, 9.17) is 4.84 Å². The summed E-state index contributed by atoms with van der Waals surface area (Å²) in [5.41, 5.74) is 6.97. The van der Waals surface area contributed by atoms with Crippen LogP contribution in [0.1, 0.15) is 42.3 Å². The molecule has 2 heterocycles. The van der Waals surface area contributed by atoms with Gasteiger partial charge in [-0.2, -0.15) is 0 Å². The second kappa shape index (κ2) is 9.19. The van der Waals surface area contributed by atoms with E-state index in [-0.39, 0.29) is 5.91 Å². The largest absolute Gasteiger partial charge is 0.341 e. The van der Waals surface area contributed by atoms with Crippen LogP contribution in [0.3, 0.4) is 0 Å². The van der Waals surface area contributed by atoms with Gasteiger partial charge in [-0.15, -0.1) is 0 Å². The predicted molar refractivity (Wildman–Crippen MR) is 110 cm³/mol. The Hall–Kier alpha value is -2.86. The van der Waals surface area contributed by atoms with Gasteiger partial charge in [0.15, 0.2) is 0 Å². The van der Waals surface area contributed by atoms with Gasteiger partial charge in [-0.25, -0.2) is 10.5 Å². The van der Waals surface area contributed by atoms with E-state index in [1.807, 2.05) is 63.6 Å². The molecule has 6 heteroatoms. The summed E-state index contributed by atoms with van der Waals surface area (Å²) < 4.78 is 1.88. The zero-order valence-corrected chi connectivity index (χ0v) is 16.9. The van der Waals surface area contributed by atoms with Gasteiger partial charge in [0.25, 0.3) is 5.91 Å². The number of benzene rings is 1. The van der Waals surface area contributed by atoms with Gasteiger partial charge in [0.1, 0.15) is 11.5 Å². The Bertz CT molecular complexity index is 931. The first-order valence-corrected chi connectivity index (χ1v) is 9.22. The lowest BCUT2D eigenvalue weighted by molar-refractivity contribution is 0.0367. The van der Waals surface area contributed by atoms with Crippen molar-refractivity contribution >= 4 is 28.4 Å². The minimum absolute atomic E-state index is 0.298. The molecule has 0 atom stereocenters. The summed E-state index contributed by atoms with van der Waals surface area (Å²) in [7, 11) is 1.89. The molecule has 0 aliphatic heterocycles. The highest BCUT2D eigenvalue weighted by Crippen LogP contribution is 2.31. The summed E-state index contributed by atoms with van der Waals surface area (Å²) >= 11 is 0. The van der Waals surface area contributed by atoms with Gasteiger partial charge >= 0.3 is 0 Å². The van der Waals surface area contributed by atoms with Gasteiger partial charge in [-0.1, -0.05) is 31.5 Å². The molecule has 0 saturated heterocycles. The number of aromatic nitrogens is 2. The van der Waals surface area contributed by atoms with Crippen LogP contribution in [-0.4, -0.2) is 22.1 Å². The average molecular weight is 368 g/mol. The number of anilines is 2. The van der Waals surface area contributed by atoms with Crippen LogP contribution in [0, 0.1) is 13.8 Å². The number of fused-ring (bicyclic) bond motifs is 1. The number of aryl methyl sites for hydroxylation is 3. The number of amides is 1. The van der Waals surface area contributed by atoms with Crippen LogP contribution in [0.5, 0.6) is 0 Å². The molecule has 1 aromatic carbocycles. The van der Waals surface area contributed by atoms with Gasteiger partial charge in [0, 0.05) is 24.3 Å². The van der Waals surface area contributed by atoms with Crippen molar-refractivity contribution in [3.05, 3.63) is 53.2 Å². The number of hydrogen-bond acceptors (Lipinski definition) is 4. The van der Waals surface area contributed by atoms with Crippen LogP contribution in [0.4, 0.5) is 11.5 Å². The number of carbonyl (C=O) groups is 1. The lowest BCUT2D eigenvalue weighted by Crippen LogP contribution is -2.24. The number of nitrogens with zero attached hydrogens (tertiary/aromatic N) is 2. The minimum Gasteiger partial charge on any atom is -0.341 e. The van der Waals surface area contributed by atoms with Crippen molar-refractivity contribution in [3.63, 3.8) is 0 Å². The molecule has 0 bridgehead atoms. The lowest BCUT2D eigenvalue weighted by atomic mass is 10.1. The maximum Gasteiger partial charge on any atom is 0.279 e. The van der Waals surface area contributed by atoms with E-state index in [0.29, 0.717) is 18.0 Å².